The van der Waals surface area contributed by atoms with Crippen LogP contribution in [0.1, 0.15) is 40.4 Å². The summed E-state index contributed by atoms with van der Waals surface area (Å²) in [6.45, 7) is 2.11. The van der Waals surface area contributed by atoms with Gasteiger partial charge in [-0.15, -0.1) is 10.2 Å². The molecule has 0 bridgehead atoms. The molecule has 1 atom stereocenters. The van der Waals surface area contributed by atoms with E-state index in [9.17, 15) is 4.79 Å². The Morgan fingerprint density at radius 2 is 2.05 bits per heavy atom. The minimum atomic E-state index is -0.319. The van der Waals surface area contributed by atoms with Gasteiger partial charge in [-0.05, 0) is 24.1 Å². The lowest BCUT2D eigenvalue weighted by molar-refractivity contribution is 0.0996. The number of nitrogens with one attached hydrogen (secondary N) is 1. The van der Waals surface area contributed by atoms with E-state index in [1.807, 2.05) is 18.2 Å². The Hall–Kier alpha value is -2.47. The van der Waals surface area contributed by atoms with Gasteiger partial charge in [0, 0.05) is 5.92 Å². The second-order valence-electron chi connectivity index (χ2n) is 4.75. The van der Waals surface area contributed by atoms with E-state index >= 15 is 0 Å². The molecule has 0 spiro atoms. The average Bonchev–Trinajstić information content (AvgIpc) is 3.21. The van der Waals surface area contributed by atoms with Crippen molar-refractivity contribution < 1.29 is 9.21 Å². The minimum Gasteiger partial charge on any atom is -0.459 e. The molecular weight excluding hydrogens is 298 g/mol. The maximum Gasteiger partial charge on any atom is 0.293 e. The van der Waals surface area contributed by atoms with Crippen molar-refractivity contribution >= 4 is 22.4 Å². The summed E-state index contributed by atoms with van der Waals surface area (Å²) in [5, 5.41) is 12.4. The summed E-state index contributed by atoms with van der Waals surface area (Å²) in [4.78, 5) is 11.9. The summed E-state index contributed by atoms with van der Waals surface area (Å²) in [5.41, 5.74) is 1.20. The van der Waals surface area contributed by atoms with Gasteiger partial charge in [-0.1, -0.05) is 48.6 Å². The molecule has 0 aliphatic rings. The molecule has 2 aromatic heterocycles. The van der Waals surface area contributed by atoms with Gasteiger partial charge in [-0.2, -0.15) is 0 Å². The molecule has 5 nitrogen and oxygen atoms in total. The van der Waals surface area contributed by atoms with Crippen LogP contribution in [0.4, 0.5) is 5.13 Å². The van der Waals surface area contributed by atoms with E-state index in [4.69, 9.17) is 4.42 Å². The molecule has 0 aliphatic heterocycles. The molecular formula is C16H15N3O2S. The Morgan fingerprint density at radius 1 is 1.23 bits per heavy atom. The molecule has 6 heteroatoms. The number of hydrogen-bond donors (Lipinski definition) is 1. The van der Waals surface area contributed by atoms with E-state index in [2.05, 4.69) is 34.6 Å². The van der Waals surface area contributed by atoms with Crippen molar-refractivity contribution in [2.24, 2.45) is 0 Å². The topological polar surface area (TPSA) is 68.0 Å². The molecule has 0 saturated heterocycles. The van der Waals surface area contributed by atoms with Gasteiger partial charge < -0.3 is 4.42 Å². The SMILES string of the molecule is CC[C@@H](c1ccccc1)c1nnc(NC(=O)c2ccco2)s1. The fourth-order valence-corrected chi connectivity index (χ4v) is 3.18. The molecule has 0 fully saturated rings. The van der Waals surface area contributed by atoms with Gasteiger partial charge in [0.05, 0.1) is 6.26 Å². The molecule has 2 heterocycles. The Labute approximate surface area is 132 Å². The Balaban J connectivity index is 1.77. The van der Waals surface area contributed by atoms with Crippen molar-refractivity contribution in [3.05, 3.63) is 65.1 Å². The smallest absolute Gasteiger partial charge is 0.293 e. The summed E-state index contributed by atoms with van der Waals surface area (Å²) >= 11 is 1.39. The molecule has 1 aromatic carbocycles. The summed E-state index contributed by atoms with van der Waals surface area (Å²) < 4.78 is 5.06. The highest BCUT2D eigenvalue weighted by molar-refractivity contribution is 7.15. The lowest BCUT2D eigenvalue weighted by atomic mass is 9.97. The summed E-state index contributed by atoms with van der Waals surface area (Å²) in [6.07, 6.45) is 2.38. The molecule has 112 valence electrons. The van der Waals surface area contributed by atoms with Crippen LogP contribution in [0, 0.1) is 0 Å². The first kappa shape index (κ1) is 14.5. The third kappa shape index (κ3) is 3.07. The highest BCUT2D eigenvalue weighted by atomic mass is 32.1. The van der Waals surface area contributed by atoms with Crippen molar-refractivity contribution in [3.63, 3.8) is 0 Å². The molecule has 0 saturated carbocycles. The number of amides is 1. The Kier molecular flexibility index (Phi) is 4.29. The third-order valence-corrected chi connectivity index (χ3v) is 4.27. The number of furan rings is 1. The lowest BCUT2D eigenvalue weighted by Crippen LogP contribution is -2.10. The monoisotopic (exact) mass is 313 g/mol. The first-order chi connectivity index (χ1) is 10.8. The predicted molar refractivity (Wildman–Crippen MR) is 85.1 cm³/mol. The van der Waals surface area contributed by atoms with Crippen LogP contribution < -0.4 is 5.32 Å². The highest BCUT2D eigenvalue weighted by Gasteiger charge is 2.18. The van der Waals surface area contributed by atoms with Crippen molar-refractivity contribution in [3.8, 4) is 0 Å². The van der Waals surface area contributed by atoms with Crippen LogP contribution in [0.25, 0.3) is 0 Å². The molecule has 1 N–H and O–H groups in total. The fraction of sp³-hybridized carbons (Fsp3) is 0.188. The van der Waals surface area contributed by atoms with E-state index in [0.29, 0.717) is 5.13 Å². The van der Waals surface area contributed by atoms with Crippen LogP contribution in [0.2, 0.25) is 0 Å². The van der Waals surface area contributed by atoms with Gasteiger partial charge in [-0.25, -0.2) is 0 Å². The van der Waals surface area contributed by atoms with Gasteiger partial charge in [-0.3, -0.25) is 10.1 Å². The quantitative estimate of drug-likeness (QED) is 0.775. The maximum absolute atomic E-state index is 11.9. The Morgan fingerprint density at radius 3 is 2.73 bits per heavy atom. The van der Waals surface area contributed by atoms with Crippen LogP contribution in [-0.4, -0.2) is 16.1 Å². The van der Waals surface area contributed by atoms with E-state index in [0.717, 1.165) is 11.4 Å². The van der Waals surface area contributed by atoms with Gasteiger partial charge >= 0.3 is 0 Å². The van der Waals surface area contributed by atoms with Crippen molar-refractivity contribution in [2.45, 2.75) is 19.3 Å². The van der Waals surface area contributed by atoms with Gasteiger partial charge in [0.25, 0.3) is 5.91 Å². The normalized spacial score (nSPS) is 12.0. The van der Waals surface area contributed by atoms with Crippen LogP contribution in [-0.2, 0) is 0 Å². The van der Waals surface area contributed by atoms with Crippen LogP contribution in [0.15, 0.2) is 53.1 Å². The van der Waals surface area contributed by atoms with Gasteiger partial charge in [0.2, 0.25) is 5.13 Å². The number of rotatable bonds is 5. The molecule has 0 aliphatic carbocycles. The van der Waals surface area contributed by atoms with Crippen LogP contribution in [0.3, 0.4) is 0 Å². The van der Waals surface area contributed by atoms with Crippen LogP contribution >= 0.6 is 11.3 Å². The summed E-state index contributed by atoms with van der Waals surface area (Å²) in [6, 6.07) is 13.5. The first-order valence-corrected chi connectivity index (χ1v) is 7.82. The maximum atomic E-state index is 11.9. The number of nitrogens with zero attached hydrogens (tertiary/aromatic N) is 2. The number of anilines is 1. The summed E-state index contributed by atoms with van der Waals surface area (Å²) in [5.74, 6) is 0.125. The summed E-state index contributed by atoms with van der Waals surface area (Å²) in [7, 11) is 0. The number of hydrogen-bond acceptors (Lipinski definition) is 5. The molecule has 0 unspecified atom stereocenters. The first-order valence-electron chi connectivity index (χ1n) is 7.01. The van der Waals surface area contributed by atoms with E-state index in [1.54, 1.807) is 12.1 Å². The van der Waals surface area contributed by atoms with Crippen molar-refractivity contribution in [2.75, 3.05) is 5.32 Å². The van der Waals surface area contributed by atoms with E-state index in [1.165, 1.54) is 23.2 Å². The fourth-order valence-electron chi connectivity index (χ4n) is 2.23. The highest BCUT2D eigenvalue weighted by Crippen LogP contribution is 2.31. The van der Waals surface area contributed by atoms with E-state index < -0.39 is 0 Å². The van der Waals surface area contributed by atoms with Gasteiger partial charge in [0.15, 0.2) is 5.76 Å². The van der Waals surface area contributed by atoms with Crippen molar-refractivity contribution in [1.29, 1.82) is 0 Å². The molecule has 1 amide bonds. The van der Waals surface area contributed by atoms with E-state index in [-0.39, 0.29) is 17.6 Å². The minimum absolute atomic E-state index is 0.188. The zero-order chi connectivity index (χ0) is 15.4. The lowest BCUT2D eigenvalue weighted by Gasteiger charge is -2.10. The largest absolute Gasteiger partial charge is 0.459 e. The predicted octanol–water partition coefficient (Wildman–Crippen LogP) is 3.93. The zero-order valence-corrected chi connectivity index (χ0v) is 12.8. The second-order valence-corrected chi connectivity index (χ2v) is 5.76. The van der Waals surface area contributed by atoms with Gasteiger partial charge in [0.1, 0.15) is 5.01 Å². The molecule has 0 radical (unpaired) electrons. The Bertz CT molecular complexity index is 738. The van der Waals surface area contributed by atoms with Crippen molar-refractivity contribution in [1.82, 2.24) is 10.2 Å². The number of aromatic nitrogens is 2. The number of benzene rings is 1. The average molecular weight is 313 g/mol. The number of carbonyl (C=O) groups excluding carboxylic acids is 1. The number of carbonyl (C=O) groups is 1. The zero-order valence-electron chi connectivity index (χ0n) is 12.0. The standard InChI is InChI=1S/C16H15N3O2S/c1-2-12(11-7-4-3-5-8-11)15-18-19-16(22-15)17-14(20)13-9-6-10-21-13/h3-10,12H,2H2,1H3,(H,17,19,20)/t12-/m0/s1. The third-order valence-electron chi connectivity index (χ3n) is 3.31. The molecule has 3 rings (SSSR count). The molecule has 3 aromatic rings. The second kappa shape index (κ2) is 6.53. The molecule has 22 heavy (non-hydrogen) atoms. The van der Waals surface area contributed by atoms with Crippen LogP contribution in [0.5, 0.6) is 0 Å².